The summed E-state index contributed by atoms with van der Waals surface area (Å²) < 4.78 is 0. The summed E-state index contributed by atoms with van der Waals surface area (Å²) in [6, 6.07) is 2.94. The Bertz CT molecular complexity index is 477. The molecule has 16 heavy (non-hydrogen) atoms. The Morgan fingerprint density at radius 2 is 2.44 bits per heavy atom. The van der Waals surface area contributed by atoms with E-state index in [4.69, 9.17) is 5.53 Å². The highest BCUT2D eigenvalue weighted by atomic mass is 16.6. The van der Waals surface area contributed by atoms with Crippen LogP contribution in [0.1, 0.15) is 11.4 Å². The number of rotatable bonds is 4. The highest BCUT2D eigenvalue weighted by Gasteiger charge is 2.10. The zero-order chi connectivity index (χ0) is 12.0. The third kappa shape index (κ3) is 3.07. The number of nitro groups is 1. The van der Waals surface area contributed by atoms with Gasteiger partial charge < -0.3 is 0 Å². The fourth-order valence-corrected chi connectivity index (χ4v) is 1.12. The first kappa shape index (κ1) is 11.7. The van der Waals surface area contributed by atoms with Crippen LogP contribution in [0.25, 0.3) is 16.5 Å². The molecule has 82 valence electrons. The summed E-state index contributed by atoms with van der Waals surface area (Å²) in [6.45, 7) is 1.80. The zero-order valence-corrected chi connectivity index (χ0v) is 8.57. The van der Waals surface area contributed by atoms with Crippen molar-refractivity contribution in [1.82, 2.24) is 4.98 Å². The minimum Gasteiger partial charge on any atom is -0.258 e. The number of pyridine rings is 1. The second-order valence-electron chi connectivity index (χ2n) is 2.91. The number of aromatic nitrogens is 1. The average molecular weight is 219 g/mol. The molecule has 7 nitrogen and oxygen atoms in total. The maximum absolute atomic E-state index is 10.5. The van der Waals surface area contributed by atoms with Gasteiger partial charge in [-0.1, -0.05) is 11.2 Å². The number of hydrogen-bond donors (Lipinski definition) is 0. The summed E-state index contributed by atoms with van der Waals surface area (Å²) in [7, 11) is 0. The molecule has 0 aliphatic carbocycles. The highest BCUT2D eigenvalue weighted by molar-refractivity contribution is 5.48. The average Bonchev–Trinajstić information content (AvgIpc) is 2.24. The number of aryl methyl sites for hydroxylation is 1. The third-order valence-corrected chi connectivity index (χ3v) is 1.82. The molecule has 0 aromatic carbocycles. The maximum Gasteiger partial charge on any atom is 0.290 e. The van der Waals surface area contributed by atoms with E-state index >= 15 is 0 Å². The van der Waals surface area contributed by atoms with Gasteiger partial charge in [-0.2, -0.15) is 0 Å². The lowest BCUT2D eigenvalue weighted by Crippen LogP contribution is -1.95. The smallest absolute Gasteiger partial charge is 0.258 e. The first-order chi connectivity index (χ1) is 7.65. The number of azide groups is 1. The van der Waals surface area contributed by atoms with E-state index in [1.807, 2.05) is 0 Å². The molecule has 0 aliphatic rings. The Labute approximate surface area is 91.2 Å². The molecule has 0 N–H and O–H groups in total. The van der Waals surface area contributed by atoms with Crippen molar-refractivity contribution in [3.05, 3.63) is 50.2 Å². The lowest BCUT2D eigenvalue weighted by molar-refractivity contribution is -0.385. The maximum atomic E-state index is 10.5. The molecule has 0 radical (unpaired) electrons. The molecule has 0 amide bonds. The van der Waals surface area contributed by atoms with Gasteiger partial charge in [0.25, 0.3) is 5.69 Å². The summed E-state index contributed by atoms with van der Waals surface area (Å²) in [5.74, 6) is 0. The van der Waals surface area contributed by atoms with E-state index in [0.717, 1.165) is 0 Å². The normalized spacial score (nSPS) is 10.1. The summed E-state index contributed by atoms with van der Waals surface area (Å²) >= 11 is 0. The van der Waals surface area contributed by atoms with E-state index in [1.54, 1.807) is 19.1 Å². The van der Waals surface area contributed by atoms with Crippen molar-refractivity contribution in [1.29, 1.82) is 0 Å². The van der Waals surface area contributed by atoms with Crippen molar-refractivity contribution in [2.75, 3.05) is 6.54 Å². The van der Waals surface area contributed by atoms with Crippen LogP contribution < -0.4 is 0 Å². The first-order valence-electron chi connectivity index (χ1n) is 4.44. The summed E-state index contributed by atoms with van der Waals surface area (Å²) in [5, 5.41) is 13.8. The molecular formula is C9H9N5O2. The van der Waals surface area contributed by atoms with Gasteiger partial charge in [-0.25, -0.2) is 4.98 Å². The quantitative estimate of drug-likeness (QED) is 0.255. The molecule has 0 saturated heterocycles. The molecule has 0 spiro atoms. The monoisotopic (exact) mass is 219 g/mol. The lowest BCUT2D eigenvalue weighted by Gasteiger charge is -1.97. The van der Waals surface area contributed by atoms with Crippen LogP contribution in [0.5, 0.6) is 0 Å². The predicted molar refractivity (Wildman–Crippen MR) is 58.7 cm³/mol. The minimum absolute atomic E-state index is 0.00723. The van der Waals surface area contributed by atoms with E-state index in [9.17, 15) is 10.1 Å². The third-order valence-electron chi connectivity index (χ3n) is 1.82. The molecule has 7 heteroatoms. The van der Waals surface area contributed by atoms with Gasteiger partial charge in [-0.15, -0.1) is 0 Å². The molecule has 0 fully saturated rings. The fourth-order valence-electron chi connectivity index (χ4n) is 1.12. The summed E-state index contributed by atoms with van der Waals surface area (Å²) in [4.78, 5) is 16.7. The molecule has 1 heterocycles. The Balaban J connectivity index is 2.85. The predicted octanol–water partition coefficient (Wildman–Crippen LogP) is 2.62. The van der Waals surface area contributed by atoms with E-state index in [0.29, 0.717) is 11.4 Å². The summed E-state index contributed by atoms with van der Waals surface area (Å²) in [6.07, 6.45) is 3.28. The van der Waals surface area contributed by atoms with E-state index in [1.165, 1.54) is 12.1 Å². The standard InChI is InChI=1S/C9H9N5O2/c1-7-9(14(15)16)5-4-8(12-7)3-2-6-11-13-10/h2-5H,6H2,1H3. The van der Waals surface area contributed by atoms with Crippen molar-refractivity contribution in [3.8, 4) is 0 Å². The Morgan fingerprint density at radius 3 is 3.00 bits per heavy atom. The molecule has 1 aromatic rings. The van der Waals surface area contributed by atoms with Gasteiger partial charge >= 0.3 is 0 Å². The van der Waals surface area contributed by atoms with Crippen molar-refractivity contribution in [3.63, 3.8) is 0 Å². The summed E-state index contributed by atoms with van der Waals surface area (Å²) in [5.41, 5.74) is 8.98. The molecule has 0 unspecified atom stereocenters. The van der Waals surface area contributed by atoms with Crippen LogP contribution in [0.3, 0.4) is 0 Å². The van der Waals surface area contributed by atoms with Crippen molar-refractivity contribution < 1.29 is 4.92 Å². The van der Waals surface area contributed by atoms with Crippen LogP contribution in [0.2, 0.25) is 0 Å². The molecule has 0 bridgehead atoms. The Hall–Kier alpha value is -2.40. The molecule has 0 aliphatic heterocycles. The van der Waals surface area contributed by atoms with Crippen LogP contribution >= 0.6 is 0 Å². The SMILES string of the molecule is Cc1nc(C=CCN=[N+]=[N-])ccc1[N+](=O)[O-]. The van der Waals surface area contributed by atoms with E-state index in [2.05, 4.69) is 15.0 Å². The second-order valence-corrected chi connectivity index (χ2v) is 2.91. The van der Waals surface area contributed by atoms with Gasteiger partial charge in [-0.05, 0) is 24.6 Å². The lowest BCUT2D eigenvalue weighted by atomic mass is 10.2. The molecule has 1 rings (SSSR count). The largest absolute Gasteiger partial charge is 0.290 e. The minimum atomic E-state index is -0.476. The van der Waals surface area contributed by atoms with Crippen molar-refractivity contribution >= 4 is 11.8 Å². The van der Waals surface area contributed by atoms with Crippen LogP contribution in [0, 0.1) is 17.0 Å². The number of nitrogens with zero attached hydrogens (tertiary/aromatic N) is 5. The first-order valence-corrected chi connectivity index (χ1v) is 4.44. The van der Waals surface area contributed by atoms with Gasteiger partial charge in [0.1, 0.15) is 5.69 Å². The number of hydrogen-bond acceptors (Lipinski definition) is 4. The molecular weight excluding hydrogens is 210 g/mol. The van der Waals surface area contributed by atoms with E-state index in [-0.39, 0.29) is 12.2 Å². The van der Waals surface area contributed by atoms with Gasteiger partial charge in [0.2, 0.25) is 0 Å². The Morgan fingerprint density at radius 1 is 1.69 bits per heavy atom. The van der Waals surface area contributed by atoms with Crippen LogP contribution in [-0.2, 0) is 0 Å². The highest BCUT2D eigenvalue weighted by Crippen LogP contribution is 2.15. The van der Waals surface area contributed by atoms with Gasteiger partial charge in [0, 0.05) is 17.5 Å². The zero-order valence-electron chi connectivity index (χ0n) is 8.57. The van der Waals surface area contributed by atoms with Crippen LogP contribution in [0.4, 0.5) is 5.69 Å². The molecule has 0 atom stereocenters. The van der Waals surface area contributed by atoms with Crippen molar-refractivity contribution in [2.24, 2.45) is 5.11 Å². The molecule has 0 saturated carbocycles. The van der Waals surface area contributed by atoms with Gasteiger partial charge in [0.05, 0.1) is 10.6 Å². The van der Waals surface area contributed by atoms with Crippen molar-refractivity contribution in [2.45, 2.75) is 6.92 Å². The fraction of sp³-hybridized carbons (Fsp3) is 0.222. The topological polar surface area (TPSA) is 105 Å². The Kier molecular flexibility index (Phi) is 3.99. The van der Waals surface area contributed by atoms with Crippen LogP contribution in [0.15, 0.2) is 23.3 Å². The van der Waals surface area contributed by atoms with E-state index < -0.39 is 4.92 Å². The van der Waals surface area contributed by atoms with Crippen LogP contribution in [-0.4, -0.2) is 16.5 Å². The van der Waals surface area contributed by atoms with Gasteiger partial charge in [0.15, 0.2) is 0 Å². The van der Waals surface area contributed by atoms with Gasteiger partial charge in [-0.3, -0.25) is 10.1 Å². The second kappa shape index (κ2) is 5.47. The molecule has 1 aromatic heterocycles.